The van der Waals surface area contributed by atoms with Crippen LogP contribution in [0.3, 0.4) is 0 Å². The fourth-order valence-corrected chi connectivity index (χ4v) is 3.56. The van der Waals surface area contributed by atoms with E-state index in [1.165, 1.54) is 0 Å². The molecule has 7 nitrogen and oxygen atoms in total. The molecule has 2 aromatic heterocycles. The molecule has 7 heteroatoms. The van der Waals surface area contributed by atoms with Crippen LogP contribution in [0.15, 0.2) is 48.9 Å². The Kier molecular flexibility index (Phi) is 5.57. The van der Waals surface area contributed by atoms with E-state index < -0.39 is 5.97 Å². The van der Waals surface area contributed by atoms with E-state index in [0.717, 1.165) is 48.3 Å². The molecule has 1 saturated heterocycles. The van der Waals surface area contributed by atoms with Crippen LogP contribution in [0.25, 0.3) is 11.1 Å². The quantitative estimate of drug-likeness (QED) is 0.684. The standard InChI is InChI=1S/C22H23N3O4/c1-15-19(17-11-24-25(13-17)18-7-9-28-10-8-18)12-23-20(22(26)27)21(15)29-14-16-5-3-2-4-6-16/h2-6,11-13,18H,7-10,14H2,1H3,(H,26,27). The molecule has 29 heavy (non-hydrogen) atoms. The van der Waals surface area contributed by atoms with Crippen molar-refractivity contribution in [2.75, 3.05) is 13.2 Å². The van der Waals surface area contributed by atoms with E-state index in [-0.39, 0.29) is 18.1 Å². The minimum Gasteiger partial charge on any atom is -0.486 e. The summed E-state index contributed by atoms with van der Waals surface area (Å²) in [5.41, 5.74) is 3.32. The molecule has 0 amide bonds. The number of ether oxygens (including phenoxy) is 2. The van der Waals surface area contributed by atoms with Gasteiger partial charge in [0.05, 0.1) is 12.2 Å². The number of benzene rings is 1. The second-order valence-corrected chi connectivity index (χ2v) is 7.11. The van der Waals surface area contributed by atoms with Gasteiger partial charge >= 0.3 is 5.97 Å². The van der Waals surface area contributed by atoms with Gasteiger partial charge in [0.2, 0.25) is 0 Å². The summed E-state index contributed by atoms with van der Waals surface area (Å²) in [5.74, 6) is -0.821. The normalized spacial score (nSPS) is 14.7. The van der Waals surface area contributed by atoms with E-state index >= 15 is 0 Å². The second-order valence-electron chi connectivity index (χ2n) is 7.11. The number of carboxylic acids is 1. The predicted molar refractivity (Wildman–Crippen MR) is 107 cm³/mol. The Labute approximate surface area is 168 Å². The number of hydrogen-bond acceptors (Lipinski definition) is 5. The van der Waals surface area contributed by atoms with Gasteiger partial charge in [-0.15, -0.1) is 0 Å². The van der Waals surface area contributed by atoms with Gasteiger partial charge in [-0.3, -0.25) is 4.68 Å². The van der Waals surface area contributed by atoms with E-state index in [1.54, 1.807) is 12.4 Å². The van der Waals surface area contributed by atoms with Gasteiger partial charge in [0.25, 0.3) is 0 Å². The molecule has 0 spiro atoms. The molecule has 1 fully saturated rings. The molecule has 1 N–H and O–H groups in total. The number of rotatable bonds is 6. The van der Waals surface area contributed by atoms with Crippen LogP contribution in [-0.2, 0) is 11.3 Å². The first kappa shape index (κ1) is 19.1. The van der Waals surface area contributed by atoms with Crippen molar-refractivity contribution in [3.05, 3.63) is 65.7 Å². The zero-order valence-electron chi connectivity index (χ0n) is 16.2. The van der Waals surface area contributed by atoms with Crippen molar-refractivity contribution in [1.29, 1.82) is 0 Å². The van der Waals surface area contributed by atoms with Crippen LogP contribution >= 0.6 is 0 Å². The molecule has 0 bridgehead atoms. The molecule has 3 heterocycles. The lowest BCUT2D eigenvalue weighted by Gasteiger charge is -2.22. The molecule has 4 rings (SSSR count). The van der Waals surface area contributed by atoms with Crippen LogP contribution in [0.1, 0.15) is 40.5 Å². The van der Waals surface area contributed by atoms with Crippen LogP contribution in [0.5, 0.6) is 5.75 Å². The first-order valence-corrected chi connectivity index (χ1v) is 9.65. The highest BCUT2D eigenvalue weighted by molar-refractivity contribution is 5.90. The van der Waals surface area contributed by atoms with Crippen LogP contribution < -0.4 is 4.74 Å². The average Bonchev–Trinajstić information content (AvgIpc) is 3.24. The molecule has 1 aliphatic rings. The molecule has 1 aliphatic heterocycles. The Balaban J connectivity index is 1.64. The van der Waals surface area contributed by atoms with Crippen molar-refractivity contribution in [3.63, 3.8) is 0 Å². The third-order valence-corrected chi connectivity index (χ3v) is 5.19. The van der Waals surface area contributed by atoms with Gasteiger partial charge in [-0.25, -0.2) is 9.78 Å². The molecule has 150 valence electrons. The maximum absolute atomic E-state index is 11.7. The van der Waals surface area contributed by atoms with Crippen molar-refractivity contribution < 1.29 is 19.4 Å². The van der Waals surface area contributed by atoms with E-state index in [1.807, 2.05) is 48.1 Å². The maximum Gasteiger partial charge on any atom is 0.358 e. The van der Waals surface area contributed by atoms with Gasteiger partial charge in [0, 0.05) is 42.3 Å². The Morgan fingerprint density at radius 3 is 2.72 bits per heavy atom. The number of aromatic nitrogens is 3. The van der Waals surface area contributed by atoms with Crippen LogP contribution in [0, 0.1) is 6.92 Å². The predicted octanol–water partition coefficient (Wildman–Crippen LogP) is 3.88. The number of carboxylic acid groups (broad SMARTS) is 1. The molecular formula is C22H23N3O4. The largest absolute Gasteiger partial charge is 0.486 e. The van der Waals surface area contributed by atoms with E-state index in [9.17, 15) is 9.90 Å². The Morgan fingerprint density at radius 1 is 1.24 bits per heavy atom. The van der Waals surface area contributed by atoms with E-state index in [4.69, 9.17) is 9.47 Å². The van der Waals surface area contributed by atoms with Gasteiger partial charge < -0.3 is 14.6 Å². The zero-order chi connectivity index (χ0) is 20.2. The molecular weight excluding hydrogens is 370 g/mol. The van der Waals surface area contributed by atoms with Crippen molar-refractivity contribution >= 4 is 5.97 Å². The Hall–Kier alpha value is -3.19. The minimum absolute atomic E-state index is 0.0843. The Bertz CT molecular complexity index is 995. The van der Waals surface area contributed by atoms with E-state index in [2.05, 4.69) is 10.1 Å². The lowest BCUT2D eigenvalue weighted by molar-refractivity contribution is 0.0662. The topological polar surface area (TPSA) is 86.5 Å². The fraction of sp³-hybridized carbons (Fsp3) is 0.318. The van der Waals surface area contributed by atoms with Crippen LogP contribution in [-0.4, -0.2) is 39.1 Å². The third kappa shape index (κ3) is 4.14. The average molecular weight is 393 g/mol. The zero-order valence-corrected chi connectivity index (χ0v) is 16.2. The highest BCUT2D eigenvalue weighted by Crippen LogP contribution is 2.33. The number of carbonyl (C=O) groups is 1. The maximum atomic E-state index is 11.7. The first-order chi connectivity index (χ1) is 14.1. The molecule has 0 unspecified atom stereocenters. The highest BCUT2D eigenvalue weighted by Gasteiger charge is 2.21. The van der Waals surface area contributed by atoms with Gasteiger partial charge in [0.15, 0.2) is 11.4 Å². The Morgan fingerprint density at radius 2 is 2.00 bits per heavy atom. The van der Waals surface area contributed by atoms with Crippen molar-refractivity contribution in [2.24, 2.45) is 0 Å². The fourth-order valence-electron chi connectivity index (χ4n) is 3.56. The molecule has 0 saturated carbocycles. The number of hydrogen-bond donors (Lipinski definition) is 1. The van der Waals surface area contributed by atoms with Gasteiger partial charge in [0.1, 0.15) is 6.61 Å². The summed E-state index contributed by atoms with van der Waals surface area (Å²) in [5, 5.41) is 14.1. The van der Waals surface area contributed by atoms with Crippen LogP contribution in [0.2, 0.25) is 0 Å². The lowest BCUT2D eigenvalue weighted by atomic mass is 10.0. The molecule has 1 aromatic carbocycles. The minimum atomic E-state index is -1.11. The lowest BCUT2D eigenvalue weighted by Crippen LogP contribution is -2.19. The molecule has 0 atom stereocenters. The van der Waals surface area contributed by atoms with Gasteiger partial charge in [-0.05, 0) is 25.3 Å². The summed E-state index contributed by atoms with van der Waals surface area (Å²) in [6.45, 7) is 3.61. The number of nitrogens with zero attached hydrogens (tertiary/aromatic N) is 3. The van der Waals surface area contributed by atoms with Crippen molar-refractivity contribution in [1.82, 2.24) is 14.8 Å². The summed E-state index contributed by atoms with van der Waals surface area (Å²) in [4.78, 5) is 15.8. The summed E-state index contributed by atoms with van der Waals surface area (Å²) < 4.78 is 13.3. The van der Waals surface area contributed by atoms with Crippen molar-refractivity contribution in [3.8, 4) is 16.9 Å². The summed E-state index contributed by atoms with van der Waals surface area (Å²) in [6, 6.07) is 9.95. The summed E-state index contributed by atoms with van der Waals surface area (Å²) in [6.07, 6.45) is 7.23. The van der Waals surface area contributed by atoms with Crippen molar-refractivity contribution in [2.45, 2.75) is 32.4 Å². The monoisotopic (exact) mass is 393 g/mol. The second kappa shape index (κ2) is 8.45. The summed E-state index contributed by atoms with van der Waals surface area (Å²) >= 11 is 0. The third-order valence-electron chi connectivity index (χ3n) is 5.19. The van der Waals surface area contributed by atoms with Gasteiger partial charge in [-0.1, -0.05) is 30.3 Å². The molecule has 3 aromatic rings. The number of pyridine rings is 1. The highest BCUT2D eigenvalue weighted by atomic mass is 16.5. The SMILES string of the molecule is Cc1c(-c2cnn(C3CCOCC3)c2)cnc(C(=O)O)c1OCc1ccccc1. The van der Waals surface area contributed by atoms with Crippen LogP contribution in [0.4, 0.5) is 0 Å². The summed E-state index contributed by atoms with van der Waals surface area (Å²) in [7, 11) is 0. The smallest absolute Gasteiger partial charge is 0.358 e. The first-order valence-electron chi connectivity index (χ1n) is 9.65. The molecule has 0 aliphatic carbocycles. The van der Waals surface area contributed by atoms with E-state index in [0.29, 0.717) is 6.04 Å². The molecule has 0 radical (unpaired) electrons. The number of aromatic carboxylic acids is 1. The van der Waals surface area contributed by atoms with Gasteiger partial charge in [-0.2, -0.15) is 5.10 Å².